The fourth-order valence-electron chi connectivity index (χ4n) is 3.15. The molecule has 0 amide bonds. The molecule has 0 fully saturated rings. The van der Waals surface area contributed by atoms with Crippen molar-refractivity contribution in [3.63, 3.8) is 0 Å². The molecule has 4 rings (SSSR count). The van der Waals surface area contributed by atoms with Crippen LogP contribution in [0.2, 0.25) is 5.15 Å². The molecule has 138 valence electrons. The first-order chi connectivity index (χ1) is 12.4. The molecule has 8 nitrogen and oxygen atoms in total. The van der Waals surface area contributed by atoms with Crippen LogP contribution in [0.3, 0.4) is 0 Å². The van der Waals surface area contributed by atoms with Crippen molar-refractivity contribution >= 4 is 27.3 Å². The average Bonchev–Trinajstić information content (AvgIpc) is 3.15. The predicted molar refractivity (Wildman–Crippen MR) is 96.6 cm³/mol. The van der Waals surface area contributed by atoms with Gasteiger partial charge in [0.2, 0.25) is 0 Å². The molecule has 26 heavy (non-hydrogen) atoms. The minimum Gasteiger partial charge on any atom is -0.288 e. The van der Waals surface area contributed by atoms with Crippen molar-refractivity contribution in [2.24, 2.45) is 0 Å². The van der Waals surface area contributed by atoms with E-state index in [4.69, 9.17) is 11.6 Å². The van der Waals surface area contributed by atoms with Crippen LogP contribution in [-0.2, 0) is 16.6 Å². The number of hydrogen-bond donors (Lipinski definition) is 1. The lowest BCUT2D eigenvalue weighted by atomic mass is 10.1. The summed E-state index contributed by atoms with van der Waals surface area (Å²) in [6.07, 6.45) is 3.11. The van der Waals surface area contributed by atoms with Crippen molar-refractivity contribution in [1.29, 1.82) is 0 Å². The maximum absolute atomic E-state index is 13.0. The summed E-state index contributed by atoms with van der Waals surface area (Å²) < 4.78 is 32.1. The first kappa shape index (κ1) is 17.4. The van der Waals surface area contributed by atoms with Crippen LogP contribution >= 0.6 is 11.6 Å². The third-order valence-electron chi connectivity index (χ3n) is 4.41. The van der Waals surface area contributed by atoms with Crippen LogP contribution in [0.25, 0.3) is 5.65 Å². The molecule has 0 saturated heterocycles. The fraction of sp³-hybridized carbons (Fsp3) is 0.438. The van der Waals surface area contributed by atoms with E-state index in [1.54, 1.807) is 29.1 Å². The smallest absolute Gasteiger partial charge is 0.260 e. The summed E-state index contributed by atoms with van der Waals surface area (Å²) in [5.41, 5.74) is 0.479. The molecule has 3 aromatic heterocycles. The molecule has 3 aromatic rings. The Morgan fingerprint density at radius 3 is 2.88 bits per heavy atom. The van der Waals surface area contributed by atoms with Crippen molar-refractivity contribution in [3.05, 3.63) is 41.2 Å². The van der Waals surface area contributed by atoms with Crippen LogP contribution in [0.4, 0.5) is 0 Å². The van der Waals surface area contributed by atoms with Gasteiger partial charge in [0.05, 0.1) is 6.04 Å². The predicted octanol–water partition coefficient (Wildman–Crippen LogP) is 2.52. The minimum atomic E-state index is -3.89. The zero-order chi connectivity index (χ0) is 18.5. The van der Waals surface area contributed by atoms with Gasteiger partial charge in [-0.25, -0.2) is 23.1 Å². The van der Waals surface area contributed by atoms with Gasteiger partial charge in [-0.15, -0.1) is 0 Å². The summed E-state index contributed by atoms with van der Waals surface area (Å²) in [7, 11) is -3.89. The molecule has 1 N–H and O–H groups in total. The number of nitrogens with zero attached hydrogens (tertiary/aromatic N) is 5. The quantitative estimate of drug-likeness (QED) is 0.733. The molecule has 1 atom stereocenters. The van der Waals surface area contributed by atoms with Crippen LogP contribution < -0.4 is 4.72 Å². The van der Waals surface area contributed by atoms with Gasteiger partial charge < -0.3 is 0 Å². The number of pyridine rings is 1. The lowest BCUT2D eigenvalue weighted by molar-refractivity contribution is 0.399. The van der Waals surface area contributed by atoms with Crippen molar-refractivity contribution in [1.82, 2.24) is 28.9 Å². The fourth-order valence-corrected chi connectivity index (χ4v) is 5.03. The van der Waals surface area contributed by atoms with E-state index in [0.29, 0.717) is 17.9 Å². The monoisotopic (exact) mass is 394 g/mol. The van der Waals surface area contributed by atoms with Crippen molar-refractivity contribution < 1.29 is 8.42 Å². The Hall–Kier alpha value is -1.97. The van der Waals surface area contributed by atoms with Gasteiger partial charge in [0.1, 0.15) is 11.5 Å². The average molecular weight is 395 g/mol. The third-order valence-corrected chi connectivity index (χ3v) is 6.28. The number of nitrogens with one attached hydrogen (secondary N) is 1. The number of sulfonamides is 1. The topological polar surface area (TPSA) is 94.2 Å². The minimum absolute atomic E-state index is 0.0520. The van der Waals surface area contributed by atoms with Crippen LogP contribution in [0.1, 0.15) is 50.3 Å². The molecular formula is C16H19ClN6O2S. The zero-order valence-corrected chi connectivity index (χ0v) is 16.0. The van der Waals surface area contributed by atoms with Gasteiger partial charge >= 0.3 is 0 Å². The second-order valence-corrected chi connectivity index (χ2v) is 8.65. The normalized spacial score (nSPS) is 17.8. The van der Waals surface area contributed by atoms with Crippen molar-refractivity contribution in [3.8, 4) is 0 Å². The van der Waals surface area contributed by atoms with E-state index in [9.17, 15) is 8.42 Å². The van der Waals surface area contributed by atoms with Gasteiger partial charge in [0.25, 0.3) is 10.0 Å². The summed E-state index contributed by atoms with van der Waals surface area (Å²) in [6.45, 7) is 4.76. The molecule has 4 heterocycles. The lowest BCUT2D eigenvalue weighted by Gasteiger charge is -2.22. The highest BCUT2D eigenvalue weighted by Gasteiger charge is 2.32. The van der Waals surface area contributed by atoms with E-state index in [0.717, 1.165) is 18.8 Å². The van der Waals surface area contributed by atoms with Crippen molar-refractivity contribution in [2.45, 2.75) is 50.2 Å². The van der Waals surface area contributed by atoms with Gasteiger partial charge in [-0.1, -0.05) is 31.5 Å². The Labute approximate surface area is 156 Å². The first-order valence-electron chi connectivity index (χ1n) is 8.46. The van der Waals surface area contributed by atoms with Gasteiger partial charge in [-0.2, -0.15) is 9.82 Å². The highest BCUT2D eigenvalue weighted by molar-refractivity contribution is 7.89. The Kier molecular flexibility index (Phi) is 4.25. The number of fused-ring (bicyclic) bond motifs is 2. The van der Waals surface area contributed by atoms with E-state index in [-0.39, 0.29) is 16.1 Å². The second kappa shape index (κ2) is 6.33. The molecule has 0 aromatic carbocycles. The van der Waals surface area contributed by atoms with E-state index >= 15 is 0 Å². The molecule has 0 saturated carbocycles. The molecule has 10 heteroatoms. The van der Waals surface area contributed by atoms with Crippen LogP contribution in [-0.4, -0.2) is 32.6 Å². The maximum Gasteiger partial charge on any atom is 0.260 e. The Morgan fingerprint density at radius 2 is 2.12 bits per heavy atom. The van der Waals surface area contributed by atoms with Gasteiger partial charge in [0, 0.05) is 18.7 Å². The summed E-state index contributed by atoms with van der Waals surface area (Å²) >= 11 is 6.13. The maximum atomic E-state index is 13.0. The zero-order valence-electron chi connectivity index (χ0n) is 14.4. The first-order valence-corrected chi connectivity index (χ1v) is 10.3. The van der Waals surface area contributed by atoms with Gasteiger partial charge in [-0.3, -0.25) is 4.40 Å². The van der Waals surface area contributed by atoms with E-state index in [1.807, 2.05) is 13.8 Å². The Morgan fingerprint density at radius 1 is 1.31 bits per heavy atom. The molecule has 1 aliphatic heterocycles. The van der Waals surface area contributed by atoms with Crippen LogP contribution in [0.5, 0.6) is 0 Å². The molecular weight excluding hydrogens is 376 g/mol. The standard InChI is InChI=1S/C16H19ClN6O2S/c1-10(2)14-19-15-11(6-5-9-23(15)20-14)21-26(24,25)16-13(17)18-12-7-3-4-8-22(12)16/h3-4,7-8,10-11,21H,5-6,9H2,1-2H3/t11-/m1/s1. The van der Waals surface area contributed by atoms with Crippen LogP contribution in [0, 0.1) is 0 Å². The highest BCUT2D eigenvalue weighted by Crippen LogP contribution is 2.29. The molecule has 0 radical (unpaired) electrons. The van der Waals surface area contributed by atoms with Gasteiger partial charge in [-0.05, 0) is 25.0 Å². The number of imidazole rings is 1. The summed E-state index contributed by atoms with van der Waals surface area (Å²) in [4.78, 5) is 8.67. The third kappa shape index (κ3) is 2.89. The number of aromatic nitrogens is 5. The van der Waals surface area contributed by atoms with Crippen LogP contribution in [0.15, 0.2) is 29.4 Å². The van der Waals surface area contributed by atoms with E-state index in [2.05, 4.69) is 19.8 Å². The molecule has 0 bridgehead atoms. The summed E-state index contributed by atoms with van der Waals surface area (Å²) in [6, 6.07) is 4.77. The lowest BCUT2D eigenvalue weighted by Crippen LogP contribution is -2.34. The number of aryl methyl sites for hydroxylation is 1. The number of hydrogen-bond acceptors (Lipinski definition) is 5. The highest BCUT2D eigenvalue weighted by atomic mass is 35.5. The SMILES string of the molecule is CC(C)c1nc2n(n1)CCC[C@H]2NS(=O)(=O)c1c(Cl)nc2ccccn12. The Bertz CT molecular complexity index is 1070. The largest absolute Gasteiger partial charge is 0.288 e. The second-order valence-electron chi connectivity index (χ2n) is 6.66. The molecule has 0 spiro atoms. The molecule has 1 aliphatic rings. The van der Waals surface area contributed by atoms with E-state index < -0.39 is 16.1 Å². The molecule has 0 aliphatic carbocycles. The number of rotatable bonds is 4. The van der Waals surface area contributed by atoms with E-state index in [1.165, 1.54) is 4.40 Å². The van der Waals surface area contributed by atoms with Gasteiger partial charge in [0.15, 0.2) is 16.0 Å². The summed E-state index contributed by atoms with van der Waals surface area (Å²) in [5, 5.41) is 4.38. The summed E-state index contributed by atoms with van der Waals surface area (Å²) in [5.74, 6) is 1.55. The molecule has 0 unspecified atom stereocenters. The van der Waals surface area contributed by atoms with Crippen molar-refractivity contribution in [2.75, 3.05) is 0 Å². The number of halogens is 1. The Balaban J connectivity index is 1.72.